The van der Waals surface area contributed by atoms with Crippen molar-refractivity contribution in [2.45, 2.75) is 58.2 Å². The molecular formula is C20H29F3N2O. The smallest absolute Gasteiger partial charge is 0.354 e. The number of hydrogen-bond acceptors (Lipinski definition) is 2. The number of nitrogens with zero attached hydrogens (tertiary/aromatic N) is 1. The quantitative estimate of drug-likeness (QED) is 0.778. The van der Waals surface area contributed by atoms with Crippen molar-refractivity contribution in [3.05, 3.63) is 35.4 Å². The van der Waals surface area contributed by atoms with E-state index in [0.717, 1.165) is 38.4 Å². The molecule has 6 heteroatoms. The molecule has 3 nitrogen and oxygen atoms in total. The van der Waals surface area contributed by atoms with E-state index in [1.807, 2.05) is 13.8 Å². The SMILES string of the molecule is CC(C)NC(=O)CCN1CCC[C@@H](CCc2ccccc2C(F)(F)F)C1. The van der Waals surface area contributed by atoms with Crippen molar-refractivity contribution in [2.24, 2.45) is 5.92 Å². The second kappa shape index (κ2) is 9.40. The summed E-state index contributed by atoms with van der Waals surface area (Å²) in [6.07, 6.45) is -0.537. The van der Waals surface area contributed by atoms with Gasteiger partial charge in [-0.2, -0.15) is 13.2 Å². The van der Waals surface area contributed by atoms with Gasteiger partial charge in [0.15, 0.2) is 0 Å². The topological polar surface area (TPSA) is 32.3 Å². The van der Waals surface area contributed by atoms with Crippen LogP contribution in [0.5, 0.6) is 0 Å². The minimum Gasteiger partial charge on any atom is -0.354 e. The molecule has 1 aliphatic heterocycles. The minimum atomic E-state index is -4.29. The molecule has 0 radical (unpaired) electrons. The van der Waals surface area contributed by atoms with Gasteiger partial charge in [-0.25, -0.2) is 0 Å². The van der Waals surface area contributed by atoms with Gasteiger partial charge in [-0.3, -0.25) is 4.79 Å². The van der Waals surface area contributed by atoms with Crippen LogP contribution in [0.3, 0.4) is 0 Å². The van der Waals surface area contributed by atoms with Crippen LogP contribution in [-0.4, -0.2) is 36.5 Å². The molecule has 0 spiro atoms. The van der Waals surface area contributed by atoms with E-state index in [1.54, 1.807) is 12.1 Å². The summed E-state index contributed by atoms with van der Waals surface area (Å²) in [4.78, 5) is 14.0. The molecule has 26 heavy (non-hydrogen) atoms. The number of halogens is 3. The van der Waals surface area contributed by atoms with Crippen LogP contribution >= 0.6 is 0 Å². The fourth-order valence-electron chi connectivity index (χ4n) is 3.62. The standard InChI is InChI=1S/C20H29F3N2O/c1-15(2)24-19(26)11-13-25-12-5-6-16(14-25)9-10-17-7-3-4-8-18(17)20(21,22)23/h3-4,7-8,15-16H,5-6,9-14H2,1-2H3,(H,24,26)/t16-/m0/s1. The lowest BCUT2D eigenvalue weighted by Gasteiger charge is -2.32. The molecule has 0 aromatic heterocycles. The van der Waals surface area contributed by atoms with Gasteiger partial charge in [0.2, 0.25) is 5.91 Å². The number of nitrogens with one attached hydrogen (secondary N) is 1. The number of carbonyl (C=O) groups is 1. The summed E-state index contributed by atoms with van der Waals surface area (Å²) in [5.41, 5.74) is -0.133. The highest BCUT2D eigenvalue weighted by molar-refractivity contribution is 5.76. The maximum Gasteiger partial charge on any atom is 0.416 e. The van der Waals surface area contributed by atoms with Gasteiger partial charge < -0.3 is 10.2 Å². The summed E-state index contributed by atoms with van der Waals surface area (Å²) in [7, 11) is 0. The highest BCUT2D eigenvalue weighted by Gasteiger charge is 2.33. The van der Waals surface area contributed by atoms with E-state index in [1.165, 1.54) is 6.07 Å². The predicted molar refractivity (Wildman–Crippen MR) is 96.8 cm³/mol. The molecule has 0 bridgehead atoms. The number of hydrogen-bond donors (Lipinski definition) is 1. The fourth-order valence-corrected chi connectivity index (χ4v) is 3.62. The van der Waals surface area contributed by atoms with Crippen molar-refractivity contribution in [1.82, 2.24) is 10.2 Å². The van der Waals surface area contributed by atoms with Crippen LogP contribution in [0.2, 0.25) is 0 Å². The van der Waals surface area contributed by atoms with Gasteiger partial charge in [-0.05, 0) is 63.6 Å². The molecule has 0 aliphatic carbocycles. The van der Waals surface area contributed by atoms with Crippen molar-refractivity contribution >= 4 is 5.91 Å². The van der Waals surface area contributed by atoms with Crippen LogP contribution in [0.25, 0.3) is 0 Å². The first-order valence-corrected chi connectivity index (χ1v) is 9.42. The number of piperidine rings is 1. The minimum absolute atomic E-state index is 0.0567. The zero-order chi connectivity index (χ0) is 19.2. The number of likely N-dealkylation sites (tertiary alicyclic amines) is 1. The van der Waals surface area contributed by atoms with Crippen LogP contribution in [0.1, 0.15) is 50.7 Å². The number of carbonyl (C=O) groups excluding carboxylic acids is 1. The van der Waals surface area contributed by atoms with Gasteiger partial charge in [-0.15, -0.1) is 0 Å². The van der Waals surface area contributed by atoms with E-state index in [0.29, 0.717) is 30.9 Å². The molecule has 1 atom stereocenters. The number of rotatable bonds is 7. The summed E-state index contributed by atoms with van der Waals surface area (Å²) in [5, 5.41) is 2.89. The summed E-state index contributed by atoms with van der Waals surface area (Å²) >= 11 is 0. The van der Waals surface area contributed by atoms with Gasteiger partial charge in [-0.1, -0.05) is 18.2 Å². The second-order valence-corrected chi connectivity index (χ2v) is 7.47. The molecule has 1 heterocycles. The average Bonchev–Trinajstić information content (AvgIpc) is 2.57. The Kier molecular flexibility index (Phi) is 7.50. The van der Waals surface area contributed by atoms with Gasteiger partial charge >= 0.3 is 6.18 Å². The molecule has 0 unspecified atom stereocenters. The van der Waals surface area contributed by atoms with E-state index in [-0.39, 0.29) is 11.9 Å². The van der Waals surface area contributed by atoms with Crippen molar-refractivity contribution in [3.8, 4) is 0 Å². The Bertz CT molecular complexity index is 587. The molecule has 1 aliphatic rings. The second-order valence-electron chi connectivity index (χ2n) is 7.47. The molecule has 146 valence electrons. The first-order chi connectivity index (χ1) is 12.3. The Hall–Kier alpha value is -1.56. The maximum atomic E-state index is 13.1. The lowest BCUT2D eigenvalue weighted by atomic mass is 9.90. The summed E-state index contributed by atoms with van der Waals surface area (Å²) in [6, 6.07) is 6.00. The van der Waals surface area contributed by atoms with Crippen molar-refractivity contribution in [2.75, 3.05) is 19.6 Å². The number of amides is 1. The summed E-state index contributed by atoms with van der Waals surface area (Å²) in [6.45, 7) is 6.42. The van der Waals surface area contributed by atoms with Crippen LogP contribution < -0.4 is 5.32 Å². The number of alkyl halides is 3. The lowest BCUT2D eigenvalue weighted by molar-refractivity contribution is -0.138. The lowest BCUT2D eigenvalue weighted by Crippen LogP contribution is -2.39. The molecule has 1 N–H and O–H groups in total. The Morgan fingerprint density at radius 2 is 2.04 bits per heavy atom. The van der Waals surface area contributed by atoms with Crippen LogP contribution in [-0.2, 0) is 17.4 Å². The van der Waals surface area contributed by atoms with Crippen LogP contribution in [0.15, 0.2) is 24.3 Å². The third kappa shape index (κ3) is 6.63. The molecule has 1 fully saturated rings. The third-order valence-electron chi connectivity index (χ3n) is 4.85. The molecule has 1 aromatic rings. The third-order valence-corrected chi connectivity index (χ3v) is 4.85. The maximum absolute atomic E-state index is 13.1. The van der Waals surface area contributed by atoms with Crippen molar-refractivity contribution < 1.29 is 18.0 Å². The molecule has 0 saturated carbocycles. The van der Waals surface area contributed by atoms with E-state index < -0.39 is 11.7 Å². The normalized spacial score (nSPS) is 18.9. The highest BCUT2D eigenvalue weighted by Crippen LogP contribution is 2.33. The van der Waals surface area contributed by atoms with Crippen molar-refractivity contribution in [3.63, 3.8) is 0 Å². The highest BCUT2D eigenvalue weighted by atomic mass is 19.4. The van der Waals surface area contributed by atoms with Gasteiger partial charge in [0.05, 0.1) is 5.56 Å². The Labute approximate surface area is 154 Å². The first-order valence-electron chi connectivity index (χ1n) is 9.42. The zero-order valence-corrected chi connectivity index (χ0v) is 15.6. The Morgan fingerprint density at radius 1 is 1.31 bits per heavy atom. The molecular weight excluding hydrogens is 341 g/mol. The fraction of sp³-hybridized carbons (Fsp3) is 0.650. The first kappa shape index (κ1) is 20.7. The van der Waals surface area contributed by atoms with Gasteiger partial charge in [0.25, 0.3) is 0 Å². The summed E-state index contributed by atoms with van der Waals surface area (Å²) < 4.78 is 39.3. The predicted octanol–water partition coefficient (Wildman–Crippen LogP) is 4.26. The number of aryl methyl sites for hydroxylation is 1. The zero-order valence-electron chi connectivity index (χ0n) is 15.6. The van der Waals surface area contributed by atoms with E-state index in [9.17, 15) is 18.0 Å². The van der Waals surface area contributed by atoms with E-state index in [2.05, 4.69) is 10.2 Å². The Balaban J connectivity index is 1.83. The van der Waals surface area contributed by atoms with E-state index in [4.69, 9.17) is 0 Å². The number of benzene rings is 1. The largest absolute Gasteiger partial charge is 0.416 e. The molecule has 1 amide bonds. The summed E-state index contributed by atoms with van der Waals surface area (Å²) in [5.74, 6) is 0.444. The monoisotopic (exact) mass is 370 g/mol. The van der Waals surface area contributed by atoms with Gasteiger partial charge in [0.1, 0.15) is 0 Å². The van der Waals surface area contributed by atoms with Crippen LogP contribution in [0, 0.1) is 5.92 Å². The van der Waals surface area contributed by atoms with E-state index >= 15 is 0 Å². The average molecular weight is 370 g/mol. The Morgan fingerprint density at radius 3 is 2.73 bits per heavy atom. The molecule has 1 saturated heterocycles. The van der Waals surface area contributed by atoms with Gasteiger partial charge in [0, 0.05) is 25.6 Å². The molecule has 2 rings (SSSR count). The van der Waals surface area contributed by atoms with Crippen molar-refractivity contribution in [1.29, 1.82) is 0 Å². The van der Waals surface area contributed by atoms with Crippen LogP contribution in [0.4, 0.5) is 13.2 Å². The molecule has 1 aromatic carbocycles.